The summed E-state index contributed by atoms with van der Waals surface area (Å²) in [6, 6.07) is 10.6. The zero-order chi connectivity index (χ0) is 15.3. The van der Waals surface area contributed by atoms with E-state index in [2.05, 4.69) is 29.6 Å². The summed E-state index contributed by atoms with van der Waals surface area (Å²) in [6.45, 7) is 5.20. The van der Waals surface area contributed by atoms with E-state index >= 15 is 0 Å². The number of carbonyl (C=O) groups excluding carboxylic acids is 1. The molecule has 120 valence electrons. The highest BCUT2D eigenvalue weighted by molar-refractivity contribution is 5.77. The van der Waals surface area contributed by atoms with Gasteiger partial charge in [0.05, 0.1) is 13.1 Å². The molecular formula is C18H27N2O2+. The first kappa shape index (κ1) is 15.5. The SMILES string of the molecule is O=C(C[NH+]1CCCC1)NCC1(c2ccccc2)CCOCC1. The van der Waals surface area contributed by atoms with Crippen molar-refractivity contribution < 1.29 is 14.4 Å². The van der Waals surface area contributed by atoms with Gasteiger partial charge in [-0.2, -0.15) is 0 Å². The summed E-state index contributed by atoms with van der Waals surface area (Å²) in [5.74, 6) is 0.193. The second-order valence-electron chi connectivity index (χ2n) is 6.67. The van der Waals surface area contributed by atoms with Crippen molar-refractivity contribution in [2.24, 2.45) is 0 Å². The van der Waals surface area contributed by atoms with Crippen LogP contribution in [0, 0.1) is 0 Å². The lowest BCUT2D eigenvalue weighted by Gasteiger charge is -2.38. The van der Waals surface area contributed by atoms with E-state index < -0.39 is 0 Å². The van der Waals surface area contributed by atoms with Gasteiger partial charge < -0.3 is 15.0 Å². The highest BCUT2D eigenvalue weighted by atomic mass is 16.5. The third-order valence-electron chi connectivity index (χ3n) is 5.18. The summed E-state index contributed by atoms with van der Waals surface area (Å²) in [5, 5.41) is 3.20. The van der Waals surface area contributed by atoms with E-state index in [-0.39, 0.29) is 11.3 Å². The van der Waals surface area contributed by atoms with Crippen LogP contribution in [0.15, 0.2) is 30.3 Å². The predicted molar refractivity (Wildman–Crippen MR) is 86.0 cm³/mol. The molecule has 2 aliphatic rings. The summed E-state index contributed by atoms with van der Waals surface area (Å²) < 4.78 is 5.54. The Morgan fingerprint density at radius 1 is 1.14 bits per heavy atom. The fourth-order valence-electron chi connectivity index (χ4n) is 3.73. The molecule has 0 atom stereocenters. The molecule has 2 N–H and O–H groups in total. The van der Waals surface area contributed by atoms with Crippen LogP contribution in [0.4, 0.5) is 0 Å². The molecule has 1 aromatic carbocycles. The van der Waals surface area contributed by atoms with Gasteiger partial charge in [0, 0.05) is 38.0 Å². The first-order chi connectivity index (χ1) is 10.8. The normalized spacial score (nSPS) is 21.6. The smallest absolute Gasteiger partial charge is 0.275 e. The van der Waals surface area contributed by atoms with Crippen molar-refractivity contribution in [2.75, 3.05) is 39.4 Å². The number of nitrogens with one attached hydrogen (secondary N) is 2. The standard InChI is InChI=1S/C18H26N2O2/c21-17(14-20-10-4-5-11-20)19-15-18(8-12-22-13-9-18)16-6-2-1-3-7-16/h1-3,6-7H,4-5,8-15H2,(H,19,21)/p+1. The summed E-state index contributed by atoms with van der Waals surface area (Å²) in [6.07, 6.45) is 4.48. The van der Waals surface area contributed by atoms with Gasteiger partial charge in [-0.3, -0.25) is 4.79 Å². The van der Waals surface area contributed by atoms with Gasteiger partial charge in [0.15, 0.2) is 6.54 Å². The number of hydrogen-bond acceptors (Lipinski definition) is 2. The highest BCUT2D eigenvalue weighted by Gasteiger charge is 2.35. The molecule has 2 aliphatic heterocycles. The summed E-state index contributed by atoms with van der Waals surface area (Å²) in [4.78, 5) is 13.7. The van der Waals surface area contributed by atoms with Gasteiger partial charge in [0.1, 0.15) is 0 Å². The average Bonchev–Trinajstić information content (AvgIpc) is 3.08. The van der Waals surface area contributed by atoms with Crippen molar-refractivity contribution in [3.05, 3.63) is 35.9 Å². The minimum Gasteiger partial charge on any atom is -0.381 e. The molecular weight excluding hydrogens is 276 g/mol. The van der Waals surface area contributed by atoms with Crippen LogP contribution in [0.25, 0.3) is 0 Å². The lowest BCUT2D eigenvalue weighted by molar-refractivity contribution is -0.879. The van der Waals surface area contributed by atoms with Gasteiger partial charge in [0.25, 0.3) is 5.91 Å². The molecule has 0 bridgehead atoms. The fourth-order valence-corrected chi connectivity index (χ4v) is 3.73. The number of likely N-dealkylation sites (tertiary alicyclic amines) is 1. The maximum atomic E-state index is 12.3. The van der Waals surface area contributed by atoms with Crippen LogP contribution in [-0.4, -0.2) is 45.3 Å². The van der Waals surface area contributed by atoms with E-state index in [1.54, 1.807) is 0 Å². The quantitative estimate of drug-likeness (QED) is 0.833. The van der Waals surface area contributed by atoms with Crippen LogP contribution in [0.2, 0.25) is 0 Å². The Hall–Kier alpha value is -1.39. The number of hydrogen-bond donors (Lipinski definition) is 2. The Morgan fingerprint density at radius 2 is 1.82 bits per heavy atom. The number of carbonyl (C=O) groups is 1. The molecule has 0 spiro atoms. The average molecular weight is 303 g/mol. The number of quaternary nitrogens is 1. The highest BCUT2D eigenvalue weighted by Crippen LogP contribution is 2.34. The summed E-state index contributed by atoms with van der Waals surface area (Å²) >= 11 is 0. The molecule has 0 saturated carbocycles. The third-order valence-corrected chi connectivity index (χ3v) is 5.18. The Kier molecular flexibility index (Phi) is 5.11. The summed E-state index contributed by atoms with van der Waals surface area (Å²) in [5.41, 5.74) is 1.36. The maximum absolute atomic E-state index is 12.3. The van der Waals surface area contributed by atoms with Crippen LogP contribution < -0.4 is 10.2 Å². The zero-order valence-corrected chi connectivity index (χ0v) is 13.3. The first-order valence-electron chi connectivity index (χ1n) is 8.52. The van der Waals surface area contributed by atoms with Gasteiger partial charge in [0.2, 0.25) is 0 Å². The van der Waals surface area contributed by atoms with Gasteiger partial charge in [-0.25, -0.2) is 0 Å². The molecule has 4 nitrogen and oxygen atoms in total. The molecule has 2 saturated heterocycles. The number of amides is 1. The van der Waals surface area contributed by atoms with E-state index in [9.17, 15) is 4.79 Å². The minimum atomic E-state index is 0.0372. The molecule has 4 heteroatoms. The van der Waals surface area contributed by atoms with E-state index in [4.69, 9.17) is 4.74 Å². The topological polar surface area (TPSA) is 42.8 Å². The van der Waals surface area contributed by atoms with E-state index in [0.717, 1.165) is 45.7 Å². The van der Waals surface area contributed by atoms with Crippen LogP contribution in [-0.2, 0) is 14.9 Å². The Morgan fingerprint density at radius 3 is 2.50 bits per heavy atom. The van der Waals surface area contributed by atoms with Crippen molar-refractivity contribution in [2.45, 2.75) is 31.1 Å². The van der Waals surface area contributed by atoms with Crippen molar-refractivity contribution in [3.8, 4) is 0 Å². The van der Waals surface area contributed by atoms with Gasteiger partial charge in [-0.05, 0) is 18.4 Å². The molecule has 2 heterocycles. The third kappa shape index (κ3) is 3.68. The molecule has 0 aromatic heterocycles. The second kappa shape index (κ2) is 7.25. The molecule has 1 aromatic rings. The lowest BCUT2D eigenvalue weighted by Crippen LogP contribution is -3.11. The number of rotatable bonds is 5. The van der Waals surface area contributed by atoms with Crippen molar-refractivity contribution >= 4 is 5.91 Å². The van der Waals surface area contributed by atoms with E-state index in [1.807, 2.05) is 6.07 Å². The van der Waals surface area contributed by atoms with Crippen LogP contribution >= 0.6 is 0 Å². The van der Waals surface area contributed by atoms with Crippen LogP contribution in [0.3, 0.4) is 0 Å². The van der Waals surface area contributed by atoms with Gasteiger partial charge >= 0.3 is 0 Å². The second-order valence-corrected chi connectivity index (χ2v) is 6.67. The van der Waals surface area contributed by atoms with Gasteiger partial charge in [-0.1, -0.05) is 30.3 Å². The van der Waals surface area contributed by atoms with E-state index in [0.29, 0.717) is 6.54 Å². The Balaban J connectivity index is 1.62. The first-order valence-corrected chi connectivity index (χ1v) is 8.52. The number of ether oxygens (including phenoxy) is 1. The maximum Gasteiger partial charge on any atom is 0.275 e. The number of benzene rings is 1. The van der Waals surface area contributed by atoms with Gasteiger partial charge in [-0.15, -0.1) is 0 Å². The van der Waals surface area contributed by atoms with Crippen LogP contribution in [0.1, 0.15) is 31.2 Å². The van der Waals surface area contributed by atoms with Crippen molar-refractivity contribution in [1.29, 1.82) is 0 Å². The Bertz CT molecular complexity index is 477. The molecule has 0 unspecified atom stereocenters. The van der Waals surface area contributed by atoms with Crippen molar-refractivity contribution in [3.63, 3.8) is 0 Å². The van der Waals surface area contributed by atoms with Crippen LogP contribution in [0.5, 0.6) is 0 Å². The fraction of sp³-hybridized carbons (Fsp3) is 0.611. The lowest BCUT2D eigenvalue weighted by atomic mass is 9.74. The molecule has 3 rings (SSSR count). The minimum absolute atomic E-state index is 0.0372. The molecule has 22 heavy (non-hydrogen) atoms. The largest absolute Gasteiger partial charge is 0.381 e. The monoisotopic (exact) mass is 303 g/mol. The molecule has 2 fully saturated rings. The molecule has 1 amide bonds. The Labute approximate surface area is 132 Å². The zero-order valence-electron chi connectivity index (χ0n) is 13.3. The molecule has 0 radical (unpaired) electrons. The van der Waals surface area contributed by atoms with Crippen molar-refractivity contribution in [1.82, 2.24) is 5.32 Å². The van der Waals surface area contributed by atoms with E-state index in [1.165, 1.54) is 23.3 Å². The predicted octanol–water partition coefficient (Wildman–Crippen LogP) is 0.530. The molecule has 0 aliphatic carbocycles. The summed E-state index contributed by atoms with van der Waals surface area (Å²) in [7, 11) is 0.